The molecule has 5 rings (SSSR count). The number of rotatable bonds is 3. The molecule has 2 aromatic heterocycles. The SMILES string of the molecule is Cc1cc2nc3c(C#N)c(-c4ccccc4)cc(Nc4cccc(F)c4)n3c2cc1C. The van der Waals surface area contributed by atoms with E-state index in [1.54, 1.807) is 6.07 Å². The Hall–Kier alpha value is -4.17. The van der Waals surface area contributed by atoms with Crippen LogP contribution < -0.4 is 5.32 Å². The fourth-order valence-electron chi connectivity index (χ4n) is 3.90. The lowest BCUT2D eigenvalue weighted by Gasteiger charge is -2.14. The number of anilines is 2. The molecule has 0 radical (unpaired) electrons. The molecule has 0 saturated carbocycles. The van der Waals surface area contributed by atoms with Crippen molar-refractivity contribution in [3.05, 3.63) is 95.3 Å². The molecule has 31 heavy (non-hydrogen) atoms. The van der Waals surface area contributed by atoms with Gasteiger partial charge >= 0.3 is 0 Å². The highest BCUT2D eigenvalue weighted by atomic mass is 19.1. The molecule has 0 unspecified atom stereocenters. The summed E-state index contributed by atoms with van der Waals surface area (Å²) in [5.74, 6) is 0.393. The van der Waals surface area contributed by atoms with Gasteiger partial charge in [-0.15, -0.1) is 0 Å². The van der Waals surface area contributed by atoms with Gasteiger partial charge in [0.15, 0.2) is 5.65 Å². The molecule has 4 nitrogen and oxygen atoms in total. The first kappa shape index (κ1) is 18.8. The Kier molecular flexibility index (Phi) is 4.41. The van der Waals surface area contributed by atoms with E-state index in [0.717, 1.165) is 33.3 Å². The molecule has 3 aromatic carbocycles. The van der Waals surface area contributed by atoms with Crippen LogP contribution in [0, 0.1) is 31.0 Å². The summed E-state index contributed by atoms with van der Waals surface area (Å²) in [5, 5.41) is 13.4. The number of pyridine rings is 1. The van der Waals surface area contributed by atoms with Crippen LogP contribution in [0.15, 0.2) is 72.8 Å². The lowest BCUT2D eigenvalue weighted by molar-refractivity contribution is 0.628. The average Bonchev–Trinajstić information content (AvgIpc) is 3.13. The molecule has 5 aromatic rings. The molecule has 0 aliphatic carbocycles. The van der Waals surface area contributed by atoms with E-state index in [2.05, 4.69) is 24.4 Å². The molecule has 0 bridgehead atoms. The van der Waals surface area contributed by atoms with Crippen molar-refractivity contribution in [3.63, 3.8) is 0 Å². The molecule has 0 spiro atoms. The molecule has 0 atom stereocenters. The van der Waals surface area contributed by atoms with Gasteiger partial charge in [0.25, 0.3) is 0 Å². The number of halogens is 1. The lowest BCUT2D eigenvalue weighted by Crippen LogP contribution is -2.02. The zero-order chi connectivity index (χ0) is 21.5. The molecule has 0 aliphatic rings. The van der Waals surface area contributed by atoms with Gasteiger partial charge in [-0.3, -0.25) is 4.40 Å². The zero-order valence-electron chi connectivity index (χ0n) is 17.1. The van der Waals surface area contributed by atoms with Gasteiger partial charge in [0.2, 0.25) is 0 Å². The van der Waals surface area contributed by atoms with E-state index in [-0.39, 0.29) is 5.82 Å². The summed E-state index contributed by atoms with van der Waals surface area (Å²) in [6, 6.07) is 24.5. The van der Waals surface area contributed by atoms with Gasteiger partial charge in [0, 0.05) is 11.3 Å². The Labute approximate surface area is 179 Å². The van der Waals surface area contributed by atoms with Crippen molar-refractivity contribution < 1.29 is 4.39 Å². The number of hydrogen-bond donors (Lipinski definition) is 1. The maximum absolute atomic E-state index is 13.8. The van der Waals surface area contributed by atoms with Gasteiger partial charge in [-0.25, -0.2) is 9.37 Å². The Morgan fingerprint density at radius 2 is 1.71 bits per heavy atom. The Balaban J connectivity index is 1.88. The van der Waals surface area contributed by atoms with Crippen LogP contribution in [0.2, 0.25) is 0 Å². The minimum absolute atomic E-state index is 0.319. The van der Waals surface area contributed by atoms with Gasteiger partial charge in [0.1, 0.15) is 23.3 Å². The van der Waals surface area contributed by atoms with Crippen LogP contribution >= 0.6 is 0 Å². The maximum atomic E-state index is 13.8. The van der Waals surface area contributed by atoms with Crippen molar-refractivity contribution in [2.45, 2.75) is 13.8 Å². The topological polar surface area (TPSA) is 53.1 Å². The quantitative estimate of drug-likeness (QED) is 0.371. The van der Waals surface area contributed by atoms with E-state index in [0.29, 0.717) is 22.7 Å². The average molecular weight is 406 g/mol. The molecular weight excluding hydrogens is 387 g/mol. The van der Waals surface area contributed by atoms with Gasteiger partial charge in [-0.2, -0.15) is 5.26 Å². The van der Waals surface area contributed by atoms with Gasteiger partial charge < -0.3 is 5.32 Å². The van der Waals surface area contributed by atoms with Crippen molar-refractivity contribution in [1.82, 2.24) is 9.38 Å². The smallest absolute Gasteiger partial charge is 0.158 e. The first-order valence-electron chi connectivity index (χ1n) is 9.99. The van der Waals surface area contributed by atoms with Crippen LogP contribution in [0.5, 0.6) is 0 Å². The summed E-state index contributed by atoms with van der Waals surface area (Å²) in [7, 11) is 0. The van der Waals surface area contributed by atoms with Gasteiger partial charge in [-0.1, -0.05) is 36.4 Å². The van der Waals surface area contributed by atoms with E-state index in [1.165, 1.54) is 12.1 Å². The number of imidazole rings is 1. The first-order valence-corrected chi connectivity index (χ1v) is 9.99. The minimum Gasteiger partial charge on any atom is -0.341 e. The van der Waals surface area contributed by atoms with Crippen molar-refractivity contribution in [3.8, 4) is 17.2 Å². The van der Waals surface area contributed by atoms with E-state index in [1.807, 2.05) is 59.9 Å². The number of hydrogen-bond acceptors (Lipinski definition) is 3. The van der Waals surface area contributed by atoms with E-state index >= 15 is 0 Å². The second-order valence-electron chi connectivity index (χ2n) is 7.63. The van der Waals surface area contributed by atoms with Crippen LogP contribution in [-0.4, -0.2) is 9.38 Å². The molecule has 5 heteroatoms. The third-order valence-electron chi connectivity index (χ3n) is 5.58. The third kappa shape index (κ3) is 3.19. The van der Waals surface area contributed by atoms with Crippen molar-refractivity contribution in [2.24, 2.45) is 0 Å². The number of benzene rings is 3. The van der Waals surface area contributed by atoms with Crippen LogP contribution in [0.25, 0.3) is 27.8 Å². The summed E-state index contributed by atoms with van der Waals surface area (Å²) >= 11 is 0. The van der Waals surface area contributed by atoms with E-state index < -0.39 is 0 Å². The van der Waals surface area contributed by atoms with Crippen LogP contribution in [0.3, 0.4) is 0 Å². The Morgan fingerprint density at radius 3 is 2.45 bits per heavy atom. The molecule has 2 heterocycles. The number of aromatic nitrogens is 2. The second-order valence-corrected chi connectivity index (χ2v) is 7.63. The highest BCUT2D eigenvalue weighted by Crippen LogP contribution is 2.34. The number of aryl methyl sites for hydroxylation is 2. The van der Waals surface area contributed by atoms with Gasteiger partial charge in [-0.05, 0) is 66.9 Å². The molecule has 0 aliphatic heterocycles. The molecule has 0 amide bonds. The molecule has 0 fully saturated rings. The monoisotopic (exact) mass is 406 g/mol. The normalized spacial score (nSPS) is 11.0. The predicted molar refractivity (Wildman–Crippen MR) is 122 cm³/mol. The van der Waals surface area contributed by atoms with Crippen molar-refractivity contribution in [2.75, 3.05) is 5.32 Å². The predicted octanol–water partition coefficient (Wildman–Crippen LogP) is 6.53. The number of nitrogens with one attached hydrogen (secondary N) is 1. The highest BCUT2D eigenvalue weighted by Gasteiger charge is 2.19. The summed E-state index contributed by atoms with van der Waals surface area (Å²) in [6.07, 6.45) is 0. The van der Waals surface area contributed by atoms with E-state index in [9.17, 15) is 9.65 Å². The van der Waals surface area contributed by atoms with Crippen LogP contribution in [0.4, 0.5) is 15.9 Å². The van der Waals surface area contributed by atoms with Crippen molar-refractivity contribution in [1.29, 1.82) is 5.26 Å². The summed E-state index contributed by atoms with van der Waals surface area (Å²) in [6.45, 7) is 4.10. The number of nitrogens with zero attached hydrogens (tertiary/aromatic N) is 3. The first-order chi connectivity index (χ1) is 15.0. The second kappa shape index (κ2) is 7.26. The summed E-state index contributed by atoms with van der Waals surface area (Å²) in [5.41, 5.74) is 7.37. The highest BCUT2D eigenvalue weighted by molar-refractivity contribution is 5.90. The van der Waals surface area contributed by atoms with Crippen molar-refractivity contribution >= 4 is 28.2 Å². The Morgan fingerprint density at radius 1 is 0.935 bits per heavy atom. The van der Waals surface area contributed by atoms with Gasteiger partial charge in [0.05, 0.1) is 11.0 Å². The third-order valence-corrected chi connectivity index (χ3v) is 5.58. The summed E-state index contributed by atoms with van der Waals surface area (Å²) in [4.78, 5) is 4.82. The Bertz CT molecular complexity index is 1490. The largest absolute Gasteiger partial charge is 0.341 e. The summed E-state index contributed by atoms with van der Waals surface area (Å²) < 4.78 is 15.8. The number of nitriles is 1. The zero-order valence-corrected chi connectivity index (χ0v) is 17.1. The lowest BCUT2D eigenvalue weighted by atomic mass is 10.0. The molecule has 150 valence electrons. The maximum Gasteiger partial charge on any atom is 0.158 e. The fraction of sp³-hybridized carbons (Fsp3) is 0.0769. The van der Waals surface area contributed by atoms with Crippen LogP contribution in [-0.2, 0) is 0 Å². The molecular formula is C26H19FN4. The number of fused-ring (bicyclic) bond motifs is 3. The molecule has 1 N–H and O–H groups in total. The molecule has 0 saturated heterocycles. The van der Waals surface area contributed by atoms with E-state index in [4.69, 9.17) is 4.98 Å². The van der Waals surface area contributed by atoms with Crippen LogP contribution in [0.1, 0.15) is 16.7 Å². The fourth-order valence-corrected chi connectivity index (χ4v) is 3.90. The standard InChI is InChI=1S/C26H19FN4/c1-16-11-23-24(12-17(16)2)31-25(29-20-10-6-9-19(27)13-20)14-21(18-7-4-3-5-8-18)22(15-28)26(31)30-23/h3-14,29H,1-2H3. The minimum atomic E-state index is -0.319.